The summed E-state index contributed by atoms with van der Waals surface area (Å²) in [6, 6.07) is 3.27. The van der Waals surface area contributed by atoms with Crippen molar-refractivity contribution in [2.24, 2.45) is 4.99 Å². The molecular weight excluding hydrogens is 238 g/mol. The molecule has 0 saturated heterocycles. The van der Waals surface area contributed by atoms with E-state index in [0.29, 0.717) is 16.4 Å². The lowest BCUT2D eigenvalue weighted by atomic mass is 10.2. The second-order valence-corrected chi connectivity index (χ2v) is 3.52. The van der Waals surface area contributed by atoms with Gasteiger partial charge in [-0.2, -0.15) is 0 Å². The van der Waals surface area contributed by atoms with E-state index >= 15 is 0 Å². The van der Waals surface area contributed by atoms with Crippen LogP contribution >= 0.6 is 11.6 Å². The molecule has 0 spiro atoms. The van der Waals surface area contributed by atoms with Gasteiger partial charge in [-0.25, -0.2) is 4.98 Å². The van der Waals surface area contributed by atoms with E-state index in [0.717, 1.165) is 0 Å². The fourth-order valence-corrected chi connectivity index (χ4v) is 1.21. The number of rotatable bonds is 4. The Morgan fingerprint density at radius 1 is 1.59 bits per heavy atom. The van der Waals surface area contributed by atoms with Crippen molar-refractivity contribution in [3.05, 3.63) is 47.3 Å². The highest BCUT2D eigenvalue weighted by Crippen LogP contribution is 2.11. The smallest absolute Gasteiger partial charge is 0.258 e. The summed E-state index contributed by atoms with van der Waals surface area (Å²) in [7, 11) is 0. The largest absolute Gasteiger partial charge is 0.307 e. The van der Waals surface area contributed by atoms with Crippen LogP contribution in [0.15, 0.2) is 47.2 Å². The Morgan fingerprint density at radius 2 is 2.35 bits per heavy atom. The van der Waals surface area contributed by atoms with Crippen LogP contribution in [-0.4, -0.2) is 17.6 Å². The fourth-order valence-electron chi connectivity index (χ4n) is 1.09. The Labute approximate surface area is 105 Å². The van der Waals surface area contributed by atoms with E-state index in [1.165, 1.54) is 12.4 Å². The topological polar surface area (TPSA) is 54.4 Å². The molecule has 1 heterocycles. The number of hydrogen-bond acceptors (Lipinski definition) is 3. The second kappa shape index (κ2) is 6.60. The van der Waals surface area contributed by atoms with Gasteiger partial charge in [0.1, 0.15) is 5.82 Å². The highest BCUT2D eigenvalue weighted by atomic mass is 35.5. The lowest BCUT2D eigenvalue weighted by molar-refractivity contribution is -0.112. The Kier molecular flexibility index (Phi) is 5.10. The number of carbonyl (C=O) groups excluding carboxylic acids is 1. The summed E-state index contributed by atoms with van der Waals surface area (Å²) in [4.78, 5) is 19.3. The Bertz CT molecular complexity index is 463. The number of pyridine rings is 1. The second-order valence-electron chi connectivity index (χ2n) is 3.08. The number of allylic oxidation sites excluding steroid dienone is 1. The highest BCUT2D eigenvalue weighted by molar-refractivity contribution is 6.30. The molecule has 1 rings (SSSR count). The molecule has 0 aromatic carbocycles. The average Bonchev–Trinajstić information content (AvgIpc) is 2.32. The molecule has 1 aromatic heterocycles. The summed E-state index contributed by atoms with van der Waals surface area (Å²) in [5.74, 6) is 0.129. The van der Waals surface area contributed by atoms with Gasteiger partial charge in [0, 0.05) is 12.4 Å². The predicted molar refractivity (Wildman–Crippen MR) is 70.3 cm³/mol. The summed E-state index contributed by atoms with van der Waals surface area (Å²) in [5.41, 5.74) is 0.402. The van der Waals surface area contributed by atoms with Gasteiger partial charge in [0.15, 0.2) is 0 Å². The molecule has 5 heteroatoms. The molecule has 0 aliphatic heterocycles. The van der Waals surface area contributed by atoms with Crippen molar-refractivity contribution in [1.29, 1.82) is 0 Å². The van der Waals surface area contributed by atoms with Crippen molar-refractivity contribution in [2.45, 2.75) is 6.92 Å². The molecule has 0 bridgehead atoms. The zero-order valence-corrected chi connectivity index (χ0v) is 10.1. The standard InChI is InChI=1S/C12H12ClN3O/c1-3-4-9(7-14-2)12(17)16-11-6-5-10(13)8-15-11/h3-8H,2H2,1H3,(H,15,16,17). The molecule has 17 heavy (non-hydrogen) atoms. The van der Waals surface area contributed by atoms with Crippen LogP contribution in [0.1, 0.15) is 6.92 Å². The van der Waals surface area contributed by atoms with Gasteiger partial charge in [0.2, 0.25) is 0 Å². The number of amides is 1. The SMILES string of the molecule is C=NC=C(C=CC)C(=O)Nc1ccc(Cl)cn1. The van der Waals surface area contributed by atoms with Crippen LogP contribution < -0.4 is 5.32 Å². The first kappa shape index (κ1) is 13.1. The number of nitrogens with one attached hydrogen (secondary N) is 1. The predicted octanol–water partition coefficient (Wildman–Crippen LogP) is 2.83. The number of anilines is 1. The quantitative estimate of drug-likeness (QED) is 0.507. The van der Waals surface area contributed by atoms with Crippen LogP contribution in [0.5, 0.6) is 0 Å². The number of hydrogen-bond donors (Lipinski definition) is 1. The van der Waals surface area contributed by atoms with Crippen molar-refractivity contribution in [3.63, 3.8) is 0 Å². The zero-order chi connectivity index (χ0) is 12.7. The van der Waals surface area contributed by atoms with Crippen LogP contribution in [0.3, 0.4) is 0 Å². The normalized spacial score (nSPS) is 11.5. The molecule has 0 atom stereocenters. The number of nitrogens with zero attached hydrogens (tertiary/aromatic N) is 2. The Balaban J connectivity index is 2.80. The summed E-state index contributed by atoms with van der Waals surface area (Å²) in [5, 5.41) is 3.14. The molecule has 4 nitrogen and oxygen atoms in total. The first-order valence-electron chi connectivity index (χ1n) is 4.89. The molecule has 0 saturated carbocycles. The fraction of sp³-hybridized carbons (Fsp3) is 0.0833. The third-order valence-corrected chi connectivity index (χ3v) is 2.03. The zero-order valence-electron chi connectivity index (χ0n) is 9.35. The van der Waals surface area contributed by atoms with Crippen molar-refractivity contribution in [2.75, 3.05) is 5.32 Å². The summed E-state index contributed by atoms with van der Waals surface area (Å²) < 4.78 is 0. The van der Waals surface area contributed by atoms with Crippen molar-refractivity contribution in [3.8, 4) is 0 Å². The van der Waals surface area contributed by atoms with Gasteiger partial charge in [-0.3, -0.25) is 9.79 Å². The van der Waals surface area contributed by atoms with Gasteiger partial charge in [-0.1, -0.05) is 23.8 Å². The van der Waals surface area contributed by atoms with Crippen molar-refractivity contribution < 1.29 is 4.79 Å². The molecule has 0 radical (unpaired) electrons. The number of aliphatic imine (C=N–C) groups is 1. The number of carbonyl (C=O) groups is 1. The molecular formula is C12H12ClN3O. The lowest BCUT2D eigenvalue weighted by Gasteiger charge is -2.04. The van der Waals surface area contributed by atoms with E-state index in [1.54, 1.807) is 24.3 Å². The van der Waals surface area contributed by atoms with Gasteiger partial charge in [0.05, 0.1) is 10.6 Å². The van der Waals surface area contributed by atoms with Gasteiger partial charge < -0.3 is 5.32 Å². The van der Waals surface area contributed by atoms with E-state index in [4.69, 9.17) is 11.6 Å². The molecule has 1 aromatic rings. The van der Waals surface area contributed by atoms with Gasteiger partial charge in [-0.15, -0.1) is 0 Å². The van der Waals surface area contributed by atoms with E-state index < -0.39 is 0 Å². The van der Waals surface area contributed by atoms with Crippen LogP contribution in [0, 0.1) is 0 Å². The molecule has 0 aliphatic carbocycles. The number of aromatic nitrogens is 1. The van der Waals surface area contributed by atoms with E-state index in [2.05, 4.69) is 22.0 Å². The maximum absolute atomic E-state index is 11.8. The Hall–Kier alpha value is -1.94. The summed E-state index contributed by atoms with van der Waals surface area (Å²) in [6.45, 7) is 5.12. The molecule has 88 valence electrons. The van der Waals surface area contributed by atoms with Crippen LogP contribution in [0.2, 0.25) is 5.02 Å². The Morgan fingerprint density at radius 3 is 2.88 bits per heavy atom. The number of halogens is 1. The third-order valence-electron chi connectivity index (χ3n) is 1.81. The minimum absolute atomic E-state index is 0.301. The van der Waals surface area contributed by atoms with Gasteiger partial charge >= 0.3 is 0 Å². The molecule has 1 N–H and O–H groups in total. The average molecular weight is 250 g/mol. The van der Waals surface area contributed by atoms with Crippen LogP contribution in [0.25, 0.3) is 0 Å². The third kappa shape index (κ3) is 4.20. The summed E-state index contributed by atoms with van der Waals surface area (Å²) in [6.07, 6.45) is 6.22. The maximum Gasteiger partial charge on any atom is 0.258 e. The van der Waals surface area contributed by atoms with Gasteiger partial charge in [0.25, 0.3) is 5.91 Å². The first-order valence-corrected chi connectivity index (χ1v) is 5.26. The monoisotopic (exact) mass is 249 g/mol. The van der Waals surface area contributed by atoms with E-state index in [-0.39, 0.29) is 5.91 Å². The molecule has 0 fully saturated rings. The van der Waals surface area contributed by atoms with Crippen LogP contribution in [-0.2, 0) is 4.79 Å². The molecule has 0 aliphatic rings. The van der Waals surface area contributed by atoms with Crippen molar-refractivity contribution in [1.82, 2.24) is 4.98 Å². The van der Waals surface area contributed by atoms with E-state index in [1.807, 2.05) is 6.92 Å². The lowest BCUT2D eigenvalue weighted by Crippen LogP contribution is -2.14. The minimum Gasteiger partial charge on any atom is -0.307 e. The summed E-state index contributed by atoms with van der Waals surface area (Å²) >= 11 is 5.69. The highest BCUT2D eigenvalue weighted by Gasteiger charge is 2.06. The molecule has 1 amide bonds. The maximum atomic E-state index is 11.8. The van der Waals surface area contributed by atoms with Gasteiger partial charge in [-0.05, 0) is 25.8 Å². The molecule has 0 unspecified atom stereocenters. The van der Waals surface area contributed by atoms with Crippen molar-refractivity contribution >= 4 is 30.0 Å². The van der Waals surface area contributed by atoms with E-state index in [9.17, 15) is 4.79 Å². The minimum atomic E-state index is -0.301. The first-order chi connectivity index (χ1) is 8.17. The van der Waals surface area contributed by atoms with Crippen LogP contribution in [0.4, 0.5) is 5.82 Å².